The Hall–Kier alpha value is -3.24. The number of fused-ring (bicyclic) bond motifs is 2. The van der Waals surface area contributed by atoms with Gasteiger partial charge in [-0.15, -0.1) is 11.3 Å². The Balaban J connectivity index is 1.66. The van der Waals surface area contributed by atoms with Gasteiger partial charge < -0.3 is 4.98 Å². The second-order valence-electron chi connectivity index (χ2n) is 6.20. The molecule has 0 saturated carbocycles. The van der Waals surface area contributed by atoms with E-state index >= 15 is 0 Å². The lowest BCUT2D eigenvalue weighted by Crippen LogP contribution is -1.83. The van der Waals surface area contributed by atoms with E-state index in [0.29, 0.717) is 0 Å². The molecule has 0 aliphatic carbocycles. The maximum atomic E-state index is 11.0. The summed E-state index contributed by atoms with van der Waals surface area (Å²) in [6.07, 6.45) is 4.75. The zero-order valence-electron chi connectivity index (χ0n) is 13.8. The fourth-order valence-electron chi connectivity index (χ4n) is 3.29. The average Bonchev–Trinajstić information content (AvgIpc) is 3.33. The predicted octanol–water partition coefficient (Wildman–Crippen LogP) is 5.92. The van der Waals surface area contributed by atoms with Crippen LogP contribution in [0.3, 0.4) is 0 Å². The Kier molecular flexibility index (Phi) is 3.43. The molecule has 1 N–H and O–H groups in total. The molecule has 0 atom stereocenters. The number of pyridine rings is 1. The number of aromatic nitrogens is 2. The van der Waals surface area contributed by atoms with Gasteiger partial charge in [-0.3, -0.25) is 4.79 Å². The average molecular weight is 354 g/mol. The van der Waals surface area contributed by atoms with Crippen LogP contribution in [0.2, 0.25) is 0 Å². The van der Waals surface area contributed by atoms with Crippen LogP contribution in [0.5, 0.6) is 0 Å². The Morgan fingerprint density at radius 3 is 2.65 bits per heavy atom. The van der Waals surface area contributed by atoms with E-state index in [0.717, 1.165) is 43.8 Å². The van der Waals surface area contributed by atoms with Crippen LogP contribution in [0.15, 0.2) is 73.1 Å². The van der Waals surface area contributed by atoms with Crippen molar-refractivity contribution >= 4 is 39.4 Å². The van der Waals surface area contributed by atoms with Crippen LogP contribution in [-0.4, -0.2) is 16.3 Å². The third kappa shape index (κ3) is 2.43. The Labute approximate surface area is 154 Å². The second kappa shape index (κ2) is 5.93. The summed E-state index contributed by atoms with van der Waals surface area (Å²) >= 11 is 1.49. The van der Waals surface area contributed by atoms with E-state index < -0.39 is 0 Å². The molecule has 0 bridgehead atoms. The summed E-state index contributed by atoms with van der Waals surface area (Å²) in [4.78, 5) is 20.6. The van der Waals surface area contributed by atoms with E-state index in [9.17, 15) is 4.79 Å². The van der Waals surface area contributed by atoms with Crippen molar-refractivity contribution < 1.29 is 4.79 Å². The van der Waals surface area contributed by atoms with Gasteiger partial charge in [0.15, 0.2) is 6.29 Å². The van der Waals surface area contributed by atoms with E-state index in [1.807, 2.05) is 24.5 Å². The summed E-state index contributed by atoms with van der Waals surface area (Å²) in [5.41, 5.74) is 4.15. The largest absolute Gasteiger partial charge is 0.345 e. The Morgan fingerprint density at radius 1 is 0.923 bits per heavy atom. The van der Waals surface area contributed by atoms with Gasteiger partial charge in [0.1, 0.15) is 5.65 Å². The highest BCUT2D eigenvalue weighted by Crippen LogP contribution is 2.35. The van der Waals surface area contributed by atoms with Gasteiger partial charge in [-0.25, -0.2) is 4.98 Å². The summed E-state index contributed by atoms with van der Waals surface area (Å²) < 4.78 is 0. The molecule has 3 aromatic heterocycles. The molecule has 4 heteroatoms. The number of thiophene rings is 1. The topological polar surface area (TPSA) is 45.8 Å². The first kappa shape index (κ1) is 15.0. The van der Waals surface area contributed by atoms with Crippen molar-refractivity contribution in [1.29, 1.82) is 0 Å². The van der Waals surface area contributed by atoms with Crippen molar-refractivity contribution in [1.82, 2.24) is 9.97 Å². The van der Waals surface area contributed by atoms with Gasteiger partial charge >= 0.3 is 0 Å². The summed E-state index contributed by atoms with van der Waals surface area (Å²) in [5, 5.41) is 3.51. The Morgan fingerprint density at radius 2 is 1.81 bits per heavy atom. The highest BCUT2D eigenvalue weighted by atomic mass is 32.1. The van der Waals surface area contributed by atoms with Crippen LogP contribution < -0.4 is 0 Å². The fourth-order valence-corrected chi connectivity index (χ4v) is 4.15. The molecule has 2 aromatic carbocycles. The van der Waals surface area contributed by atoms with Crippen molar-refractivity contribution in [3.63, 3.8) is 0 Å². The number of carbonyl (C=O) groups excluding carboxylic acids is 1. The molecule has 0 radical (unpaired) electrons. The number of nitrogens with one attached hydrogen (secondary N) is 1. The van der Waals surface area contributed by atoms with Crippen molar-refractivity contribution in [2.45, 2.75) is 0 Å². The van der Waals surface area contributed by atoms with E-state index in [1.54, 1.807) is 0 Å². The molecule has 0 fully saturated rings. The molecule has 0 unspecified atom stereocenters. The molecule has 0 amide bonds. The van der Waals surface area contributed by atoms with Gasteiger partial charge in [0.05, 0.1) is 4.88 Å². The molecule has 0 aliphatic heterocycles. The van der Waals surface area contributed by atoms with E-state index in [1.165, 1.54) is 22.1 Å². The number of benzene rings is 2. The molecule has 26 heavy (non-hydrogen) atoms. The van der Waals surface area contributed by atoms with Crippen molar-refractivity contribution in [2.24, 2.45) is 0 Å². The molecule has 5 aromatic rings. The summed E-state index contributed by atoms with van der Waals surface area (Å²) in [5.74, 6) is 0. The quantitative estimate of drug-likeness (QED) is 0.409. The molecular formula is C22H14N2OS. The molecule has 5 rings (SSSR count). The van der Waals surface area contributed by atoms with Crippen LogP contribution in [0.1, 0.15) is 9.67 Å². The highest BCUT2D eigenvalue weighted by molar-refractivity contribution is 7.17. The first-order valence-corrected chi connectivity index (χ1v) is 9.15. The lowest BCUT2D eigenvalue weighted by molar-refractivity contribution is 0.112. The number of aldehydes is 1. The first-order valence-electron chi connectivity index (χ1n) is 8.33. The van der Waals surface area contributed by atoms with Gasteiger partial charge in [0.25, 0.3) is 0 Å². The standard InChI is InChI=1S/C22H14N2OS/c25-13-18-7-8-21(26-18)20-12-24-22-19(20)10-17(11-23-22)16-6-5-14-3-1-2-4-15(14)9-16/h1-13H,(H,23,24). The van der Waals surface area contributed by atoms with Gasteiger partial charge in [0, 0.05) is 33.8 Å². The number of rotatable bonds is 3. The molecule has 0 saturated heterocycles. The molecule has 0 spiro atoms. The van der Waals surface area contributed by atoms with Crippen LogP contribution in [0.25, 0.3) is 43.4 Å². The van der Waals surface area contributed by atoms with Crippen LogP contribution >= 0.6 is 11.3 Å². The SMILES string of the molecule is O=Cc1ccc(-c2c[nH]c3ncc(-c4ccc5ccccc5c4)cc23)s1. The van der Waals surface area contributed by atoms with Crippen molar-refractivity contribution in [2.75, 3.05) is 0 Å². The summed E-state index contributed by atoms with van der Waals surface area (Å²) in [7, 11) is 0. The molecule has 3 nitrogen and oxygen atoms in total. The highest BCUT2D eigenvalue weighted by Gasteiger charge is 2.11. The molecular weight excluding hydrogens is 340 g/mol. The van der Waals surface area contributed by atoms with Crippen LogP contribution in [0, 0.1) is 0 Å². The number of aromatic amines is 1. The van der Waals surface area contributed by atoms with Gasteiger partial charge in [-0.05, 0) is 40.6 Å². The smallest absolute Gasteiger partial charge is 0.160 e. The Bertz CT molecular complexity index is 1270. The van der Waals surface area contributed by atoms with Crippen LogP contribution in [0.4, 0.5) is 0 Å². The van der Waals surface area contributed by atoms with Crippen molar-refractivity contribution in [3.05, 3.63) is 77.9 Å². The number of nitrogens with zero attached hydrogens (tertiary/aromatic N) is 1. The minimum absolute atomic E-state index is 0.730. The number of carbonyl (C=O) groups is 1. The molecule has 124 valence electrons. The van der Waals surface area contributed by atoms with E-state index in [2.05, 4.69) is 58.5 Å². The third-order valence-corrected chi connectivity index (χ3v) is 5.67. The van der Waals surface area contributed by atoms with Gasteiger partial charge in [-0.2, -0.15) is 0 Å². The lowest BCUT2D eigenvalue weighted by Gasteiger charge is -2.05. The summed E-state index contributed by atoms with van der Waals surface area (Å²) in [6, 6.07) is 20.8. The number of hydrogen-bond acceptors (Lipinski definition) is 3. The number of hydrogen-bond donors (Lipinski definition) is 1. The lowest BCUT2D eigenvalue weighted by atomic mass is 10.0. The van der Waals surface area contributed by atoms with E-state index in [4.69, 9.17) is 0 Å². The summed E-state index contributed by atoms with van der Waals surface area (Å²) in [6.45, 7) is 0. The molecule has 0 aliphatic rings. The van der Waals surface area contributed by atoms with Gasteiger partial charge in [0.2, 0.25) is 0 Å². The van der Waals surface area contributed by atoms with Crippen LogP contribution in [-0.2, 0) is 0 Å². The van der Waals surface area contributed by atoms with E-state index in [-0.39, 0.29) is 0 Å². The number of H-pyrrole nitrogens is 1. The molecule has 3 heterocycles. The predicted molar refractivity (Wildman–Crippen MR) is 108 cm³/mol. The normalized spacial score (nSPS) is 11.2. The third-order valence-electron chi connectivity index (χ3n) is 4.62. The monoisotopic (exact) mass is 354 g/mol. The zero-order valence-corrected chi connectivity index (χ0v) is 14.6. The zero-order chi connectivity index (χ0) is 17.5. The van der Waals surface area contributed by atoms with Gasteiger partial charge in [-0.1, -0.05) is 36.4 Å². The fraction of sp³-hybridized carbons (Fsp3) is 0. The van der Waals surface area contributed by atoms with Crippen molar-refractivity contribution in [3.8, 4) is 21.6 Å². The minimum Gasteiger partial charge on any atom is -0.345 e. The first-order chi connectivity index (χ1) is 12.8. The minimum atomic E-state index is 0.730. The maximum absolute atomic E-state index is 11.0. The second-order valence-corrected chi connectivity index (χ2v) is 7.32. The maximum Gasteiger partial charge on any atom is 0.160 e.